The second-order valence-electron chi connectivity index (χ2n) is 3.81. The van der Waals surface area contributed by atoms with Crippen molar-refractivity contribution in [1.29, 1.82) is 0 Å². The number of nitrogens with one attached hydrogen (secondary N) is 1. The summed E-state index contributed by atoms with van der Waals surface area (Å²) in [6.45, 7) is 0. The van der Waals surface area contributed by atoms with E-state index in [0.717, 1.165) is 38.5 Å². The van der Waals surface area contributed by atoms with E-state index < -0.39 is 10.0 Å². The fourth-order valence-electron chi connectivity index (χ4n) is 1.40. The van der Waals surface area contributed by atoms with Gasteiger partial charge in [-0.15, -0.1) is 11.6 Å². The molecule has 1 N–H and O–H groups in total. The summed E-state index contributed by atoms with van der Waals surface area (Å²) in [7, 11) is -3.02. The Labute approximate surface area is 91.3 Å². The van der Waals surface area contributed by atoms with Crippen molar-refractivity contribution in [3.8, 4) is 0 Å². The minimum atomic E-state index is -3.02. The minimum absolute atomic E-state index is 0.216. The number of sulfonamides is 1. The second-order valence-corrected chi connectivity index (χ2v) is 6.07. The molecule has 0 heterocycles. The van der Waals surface area contributed by atoms with Gasteiger partial charge in [0.15, 0.2) is 0 Å². The smallest absolute Gasteiger partial charge is 0.211 e. The monoisotopic (exact) mass is 239 g/mol. The van der Waals surface area contributed by atoms with E-state index >= 15 is 0 Å². The first-order chi connectivity index (χ1) is 6.64. The van der Waals surface area contributed by atoms with E-state index in [0.29, 0.717) is 5.88 Å². The quantitative estimate of drug-likeness (QED) is 0.545. The third kappa shape index (κ3) is 4.62. The molecule has 0 aromatic carbocycles. The Kier molecular flexibility index (Phi) is 5.20. The predicted molar refractivity (Wildman–Crippen MR) is 59.1 cm³/mol. The first-order valence-electron chi connectivity index (χ1n) is 5.20. The van der Waals surface area contributed by atoms with Crippen LogP contribution in [-0.2, 0) is 10.0 Å². The highest BCUT2D eigenvalue weighted by Crippen LogP contribution is 2.19. The van der Waals surface area contributed by atoms with E-state index in [4.69, 9.17) is 11.6 Å². The van der Waals surface area contributed by atoms with Crippen LogP contribution in [0.2, 0.25) is 0 Å². The molecule has 1 fully saturated rings. The SMILES string of the molecule is O=S(=O)(CCCCCCl)NC1CCC1. The maximum atomic E-state index is 11.5. The summed E-state index contributed by atoms with van der Waals surface area (Å²) in [6.07, 6.45) is 5.67. The zero-order valence-corrected chi connectivity index (χ0v) is 9.91. The van der Waals surface area contributed by atoms with Crippen LogP contribution in [0.4, 0.5) is 0 Å². The van der Waals surface area contributed by atoms with Crippen molar-refractivity contribution in [2.45, 2.75) is 44.6 Å². The summed E-state index contributed by atoms with van der Waals surface area (Å²) in [5, 5.41) is 0. The number of halogens is 1. The lowest BCUT2D eigenvalue weighted by atomic mass is 9.94. The highest BCUT2D eigenvalue weighted by Gasteiger charge is 2.22. The molecule has 0 aromatic heterocycles. The average molecular weight is 240 g/mol. The van der Waals surface area contributed by atoms with Crippen molar-refractivity contribution in [3.05, 3.63) is 0 Å². The lowest BCUT2D eigenvalue weighted by Crippen LogP contribution is -2.40. The Balaban J connectivity index is 2.13. The molecular formula is C9H18ClNO2S. The van der Waals surface area contributed by atoms with Crippen molar-refractivity contribution in [2.75, 3.05) is 11.6 Å². The van der Waals surface area contributed by atoms with Gasteiger partial charge in [-0.2, -0.15) is 0 Å². The standard InChI is InChI=1S/C9H18ClNO2S/c10-7-2-1-3-8-14(12,13)11-9-5-4-6-9/h9,11H,1-8H2. The van der Waals surface area contributed by atoms with Gasteiger partial charge in [0.2, 0.25) is 10.0 Å². The van der Waals surface area contributed by atoms with E-state index in [9.17, 15) is 8.42 Å². The number of unbranched alkanes of at least 4 members (excludes halogenated alkanes) is 2. The van der Waals surface area contributed by atoms with Crippen molar-refractivity contribution in [1.82, 2.24) is 4.72 Å². The van der Waals surface area contributed by atoms with Crippen LogP contribution in [0, 0.1) is 0 Å². The van der Waals surface area contributed by atoms with E-state index in [2.05, 4.69) is 4.72 Å². The highest BCUT2D eigenvalue weighted by molar-refractivity contribution is 7.89. The van der Waals surface area contributed by atoms with Gasteiger partial charge >= 0.3 is 0 Å². The Bertz CT molecular complexity index is 250. The van der Waals surface area contributed by atoms with Gasteiger partial charge in [0.25, 0.3) is 0 Å². The van der Waals surface area contributed by atoms with E-state index in [-0.39, 0.29) is 11.8 Å². The van der Waals surface area contributed by atoms with Crippen LogP contribution in [0.1, 0.15) is 38.5 Å². The molecule has 0 bridgehead atoms. The zero-order chi connectivity index (χ0) is 10.4. The summed E-state index contributed by atoms with van der Waals surface area (Å²) in [4.78, 5) is 0. The van der Waals surface area contributed by atoms with Crippen LogP contribution < -0.4 is 4.72 Å². The summed E-state index contributed by atoms with van der Waals surface area (Å²) in [6, 6.07) is 0.216. The first kappa shape index (κ1) is 12.3. The van der Waals surface area contributed by atoms with Gasteiger partial charge in [-0.1, -0.05) is 12.8 Å². The van der Waals surface area contributed by atoms with E-state index in [1.165, 1.54) is 0 Å². The molecule has 1 rings (SSSR count). The molecule has 0 saturated heterocycles. The minimum Gasteiger partial charge on any atom is -0.212 e. The third-order valence-electron chi connectivity index (χ3n) is 2.50. The molecule has 0 unspecified atom stereocenters. The zero-order valence-electron chi connectivity index (χ0n) is 8.34. The maximum absolute atomic E-state index is 11.5. The molecule has 0 radical (unpaired) electrons. The summed E-state index contributed by atoms with van der Waals surface area (Å²) in [5.74, 6) is 0.872. The number of hydrogen-bond acceptors (Lipinski definition) is 2. The number of rotatable bonds is 7. The molecule has 0 atom stereocenters. The summed E-state index contributed by atoms with van der Waals surface area (Å²) < 4.78 is 25.6. The Hall–Kier alpha value is 0.200. The molecule has 5 heteroatoms. The van der Waals surface area contributed by atoms with Crippen LogP contribution in [-0.4, -0.2) is 26.1 Å². The molecule has 0 amide bonds. The molecule has 3 nitrogen and oxygen atoms in total. The van der Waals surface area contributed by atoms with E-state index in [1.807, 2.05) is 0 Å². The molecule has 1 aliphatic rings. The normalized spacial score (nSPS) is 18.1. The molecule has 0 spiro atoms. The van der Waals surface area contributed by atoms with Crippen LogP contribution in [0.15, 0.2) is 0 Å². The Morgan fingerprint density at radius 3 is 2.43 bits per heavy atom. The van der Waals surface area contributed by atoms with Crippen LogP contribution in [0.3, 0.4) is 0 Å². The van der Waals surface area contributed by atoms with Gasteiger partial charge < -0.3 is 0 Å². The van der Waals surface area contributed by atoms with Gasteiger partial charge in [0.05, 0.1) is 5.75 Å². The van der Waals surface area contributed by atoms with Gasteiger partial charge in [-0.25, -0.2) is 13.1 Å². The molecule has 0 aromatic rings. The molecular weight excluding hydrogens is 222 g/mol. The van der Waals surface area contributed by atoms with Crippen LogP contribution in [0.5, 0.6) is 0 Å². The van der Waals surface area contributed by atoms with Crippen molar-refractivity contribution in [3.63, 3.8) is 0 Å². The van der Waals surface area contributed by atoms with Crippen molar-refractivity contribution < 1.29 is 8.42 Å². The Morgan fingerprint density at radius 1 is 1.21 bits per heavy atom. The third-order valence-corrected chi connectivity index (χ3v) is 4.28. The van der Waals surface area contributed by atoms with Gasteiger partial charge in [0, 0.05) is 11.9 Å². The first-order valence-corrected chi connectivity index (χ1v) is 7.39. The summed E-state index contributed by atoms with van der Waals surface area (Å²) >= 11 is 5.50. The van der Waals surface area contributed by atoms with Crippen LogP contribution in [0.25, 0.3) is 0 Å². The molecule has 1 aliphatic carbocycles. The molecule has 84 valence electrons. The second kappa shape index (κ2) is 5.93. The largest absolute Gasteiger partial charge is 0.212 e. The van der Waals surface area contributed by atoms with Gasteiger partial charge in [0.1, 0.15) is 0 Å². The lowest BCUT2D eigenvalue weighted by Gasteiger charge is -2.26. The number of hydrogen-bond donors (Lipinski definition) is 1. The van der Waals surface area contributed by atoms with Gasteiger partial charge in [-0.05, 0) is 25.7 Å². The van der Waals surface area contributed by atoms with Crippen LogP contribution >= 0.6 is 11.6 Å². The Morgan fingerprint density at radius 2 is 1.93 bits per heavy atom. The average Bonchev–Trinajstić information content (AvgIpc) is 2.06. The topological polar surface area (TPSA) is 46.2 Å². The molecule has 14 heavy (non-hydrogen) atoms. The highest BCUT2D eigenvalue weighted by atomic mass is 35.5. The fourth-order valence-corrected chi connectivity index (χ4v) is 3.04. The maximum Gasteiger partial charge on any atom is 0.211 e. The van der Waals surface area contributed by atoms with Crippen molar-refractivity contribution >= 4 is 21.6 Å². The predicted octanol–water partition coefficient (Wildman–Crippen LogP) is 1.87. The molecule has 1 saturated carbocycles. The van der Waals surface area contributed by atoms with Crippen molar-refractivity contribution in [2.24, 2.45) is 0 Å². The molecule has 0 aliphatic heterocycles. The lowest BCUT2D eigenvalue weighted by molar-refractivity contribution is 0.383. The van der Waals surface area contributed by atoms with E-state index in [1.54, 1.807) is 0 Å². The summed E-state index contributed by atoms with van der Waals surface area (Å²) in [5.41, 5.74) is 0. The van der Waals surface area contributed by atoms with Gasteiger partial charge in [-0.3, -0.25) is 0 Å². The number of alkyl halides is 1. The fraction of sp³-hybridized carbons (Fsp3) is 1.00.